The van der Waals surface area contributed by atoms with Crippen molar-refractivity contribution in [1.29, 1.82) is 0 Å². The van der Waals surface area contributed by atoms with Crippen molar-refractivity contribution in [2.75, 3.05) is 5.23 Å². The van der Waals surface area contributed by atoms with Crippen LogP contribution in [0.25, 0.3) is 0 Å². The summed E-state index contributed by atoms with van der Waals surface area (Å²) in [6, 6.07) is 11.8. The van der Waals surface area contributed by atoms with Crippen molar-refractivity contribution < 1.29 is 5.21 Å². The zero-order chi connectivity index (χ0) is 13.8. The topological polar surface area (TPSA) is 59.4 Å². The van der Waals surface area contributed by atoms with E-state index in [2.05, 4.69) is 4.98 Å². The Kier molecular flexibility index (Phi) is 4.61. The van der Waals surface area contributed by atoms with Crippen molar-refractivity contribution in [2.45, 2.75) is 10.8 Å². The predicted molar refractivity (Wildman–Crippen MR) is 75.5 cm³/mol. The first kappa shape index (κ1) is 14.1. The summed E-state index contributed by atoms with van der Waals surface area (Å²) in [6.07, 6.45) is 1.62. The smallest absolute Gasteiger partial charge is 0.0962 e. The van der Waals surface area contributed by atoms with Crippen LogP contribution in [0.5, 0.6) is 0 Å². The van der Waals surface area contributed by atoms with Crippen molar-refractivity contribution in [3.8, 4) is 0 Å². The highest BCUT2D eigenvalue weighted by atomic mass is 35.5. The van der Waals surface area contributed by atoms with Crippen LogP contribution in [0, 0.1) is 5.21 Å². The van der Waals surface area contributed by atoms with Gasteiger partial charge in [-0.05, 0) is 23.8 Å². The largest absolute Gasteiger partial charge is 0.733 e. The Balaban J connectivity index is 2.32. The number of hydrogen-bond acceptors (Lipinski definition) is 4. The minimum atomic E-state index is -0.684. The molecule has 0 aliphatic rings. The van der Waals surface area contributed by atoms with Gasteiger partial charge in [0.25, 0.3) is 0 Å². The molecule has 1 aromatic heterocycles. The molecule has 0 bridgehead atoms. The monoisotopic (exact) mass is 297 g/mol. The second-order valence-electron chi connectivity index (χ2n) is 3.89. The van der Waals surface area contributed by atoms with Crippen molar-refractivity contribution >= 4 is 28.9 Å². The van der Waals surface area contributed by atoms with Crippen molar-refractivity contribution in [3.63, 3.8) is 0 Å². The Hall–Kier alpha value is -1.33. The molecule has 1 N–H and O–H groups in total. The molecule has 1 aromatic carbocycles. The third-order valence-electron chi connectivity index (χ3n) is 2.67. The quantitative estimate of drug-likeness (QED) is 0.683. The Labute approximate surface area is 120 Å². The van der Waals surface area contributed by atoms with E-state index in [0.29, 0.717) is 11.3 Å². The number of rotatable bonds is 4. The number of benzene rings is 1. The highest BCUT2D eigenvalue weighted by molar-refractivity contribution is 6.30. The molecule has 0 unspecified atom stereocenters. The van der Waals surface area contributed by atoms with Gasteiger partial charge in [0.15, 0.2) is 0 Å². The molecule has 2 aromatic rings. The summed E-state index contributed by atoms with van der Waals surface area (Å²) in [5.74, 6) is 0. The lowest BCUT2D eigenvalue weighted by Crippen LogP contribution is -2.12. The van der Waals surface area contributed by atoms with Crippen LogP contribution >= 0.6 is 23.2 Å². The van der Waals surface area contributed by atoms with E-state index in [1.165, 1.54) is 6.07 Å². The van der Waals surface area contributed by atoms with Gasteiger partial charge in [0.05, 0.1) is 22.1 Å². The van der Waals surface area contributed by atoms with Crippen LogP contribution in [0.2, 0.25) is 0 Å². The fourth-order valence-corrected chi connectivity index (χ4v) is 2.32. The number of alkyl halides is 2. The van der Waals surface area contributed by atoms with E-state index >= 15 is 0 Å². The summed E-state index contributed by atoms with van der Waals surface area (Å²) >= 11 is 12.6. The lowest BCUT2D eigenvalue weighted by molar-refractivity contribution is 0.295. The summed E-state index contributed by atoms with van der Waals surface area (Å²) in [5, 5.41) is 18.6. The molecule has 0 amide bonds. The standard InChI is InChI=1S/C13H11Cl2N2O2/c14-12(13(15)10-6-3-4-8-16-10)9-5-1-2-7-11(9)17(18)19/h1-8,12-13,18H/q-1/t12-,13+/m0/s1. The number of nitrogens with zero attached hydrogens (tertiary/aromatic N) is 2. The lowest BCUT2D eigenvalue weighted by Gasteiger charge is -2.27. The van der Waals surface area contributed by atoms with E-state index in [4.69, 9.17) is 28.4 Å². The maximum Gasteiger partial charge on any atom is 0.0962 e. The molecule has 0 saturated carbocycles. The van der Waals surface area contributed by atoms with E-state index in [0.717, 1.165) is 0 Å². The molecule has 2 rings (SSSR count). The predicted octanol–water partition coefficient (Wildman–Crippen LogP) is 4.04. The van der Waals surface area contributed by atoms with Gasteiger partial charge in [-0.1, -0.05) is 24.3 Å². The van der Waals surface area contributed by atoms with Gasteiger partial charge in [-0.25, -0.2) is 0 Å². The normalized spacial score (nSPS) is 13.9. The molecule has 4 nitrogen and oxygen atoms in total. The molecular formula is C13H11Cl2N2O2-. The summed E-state index contributed by atoms with van der Waals surface area (Å²) in [7, 11) is 0. The van der Waals surface area contributed by atoms with Crippen LogP contribution < -0.4 is 5.23 Å². The maximum atomic E-state index is 11.1. The van der Waals surface area contributed by atoms with Crippen molar-refractivity contribution in [1.82, 2.24) is 4.98 Å². The number of anilines is 1. The van der Waals surface area contributed by atoms with Gasteiger partial charge in [0.2, 0.25) is 0 Å². The number of hydrogen-bond donors (Lipinski definition) is 1. The summed E-state index contributed by atoms with van der Waals surface area (Å²) in [4.78, 5) is 4.13. The molecule has 2 atom stereocenters. The molecule has 0 aliphatic carbocycles. The maximum absolute atomic E-state index is 11.1. The van der Waals surface area contributed by atoms with Gasteiger partial charge in [-0.3, -0.25) is 10.2 Å². The number of pyridine rings is 1. The van der Waals surface area contributed by atoms with Crippen LogP contribution in [-0.2, 0) is 0 Å². The van der Waals surface area contributed by atoms with Gasteiger partial charge in [-0.2, -0.15) is 0 Å². The molecule has 0 spiro atoms. The van der Waals surface area contributed by atoms with E-state index in [1.807, 2.05) is 0 Å². The molecule has 19 heavy (non-hydrogen) atoms. The van der Waals surface area contributed by atoms with Gasteiger partial charge in [0, 0.05) is 6.20 Å². The zero-order valence-corrected chi connectivity index (χ0v) is 11.3. The Bertz CT molecular complexity index is 537. The number of aromatic nitrogens is 1. The lowest BCUT2D eigenvalue weighted by atomic mass is 10.0. The van der Waals surface area contributed by atoms with E-state index in [9.17, 15) is 5.21 Å². The molecule has 6 heteroatoms. The summed E-state index contributed by atoms with van der Waals surface area (Å²) in [6.45, 7) is 0. The Morgan fingerprint density at radius 2 is 1.74 bits per heavy atom. The van der Waals surface area contributed by atoms with Crippen LogP contribution in [0.1, 0.15) is 22.0 Å². The molecular weight excluding hydrogens is 287 g/mol. The van der Waals surface area contributed by atoms with Gasteiger partial charge in [-0.15, -0.1) is 23.2 Å². The molecule has 100 valence electrons. The van der Waals surface area contributed by atoms with Gasteiger partial charge in [0.1, 0.15) is 0 Å². The number of para-hydroxylation sites is 1. The van der Waals surface area contributed by atoms with Crippen LogP contribution in [0.15, 0.2) is 48.7 Å². The first-order valence-corrected chi connectivity index (χ1v) is 6.42. The zero-order valence-electron chi connectivity index (χ0n) is 9.78. The second-order valence-corrected chi connectivity index (χ2v) is 4.83. The summed E-state index contributed by atoms with van der Waals surface area (Å²) in [5.41, 5.74) is 1.13. The summed E-state index contributed by atoms with van der Waals surface area (Å²) < 4.78 is 0. The fraction of sp³-hybridized carbons (Fsp3) is 0.154. The Morgan fingerprint density at radius 1 is 1.05 bits per heavy atom. The second kappa shape index (κ2) is 6.21. The minimum absolute atomic E-state index is 0.0732. The van der Waals surface area contributed by atoms with E-state index in [1.54, 1.807) is 42.6 Å². The third kappa shape index (κ3) is 3.16. The highest BCUT2D eigenvalue weighted by Gasteiger charge is 2.24. The molecule has 0 aliphatic heterocycles. The number of halogens is 2. The average molecular weight is 298 g/mol. The van der Waals surface area contributed by atoms with E-state index < -0.39 is 10.8 Å². The highest BCUT2D eigenvalue weighted by Crippen LogP contribution is 2.41. The molecule has 1 heterocycles. The van der Waals surface area contributed by atoms with Crippen molar-refractivity contribution in [3.05, 3.63) is 65.1 Å². The van der Waals surface area contributed by atoms with Gasteiger partial charge >= 0.3 is 0 Å². The van der Waals surface area contributed by atoms with Gasteiger partial charge < -0.3 is 10.4 Å². The van der Waals surface area contributed by atoms with Crippen LogP contribution in [0.4, 0.5) is 5.69 Å². The van der Waals surface area contributed by atoms with Crippen molar-refractivity contribution in [2.24, 2.45) is 0 Å². The van der Waals surface area contributed by atoms with Crippen LogP contribution in [-0.4, -0.2) is 10.2 Å². The molecule has 0 saturated heterocycles. The third-order valence-corrected chi connectivity index (χ3v) is 3.76. The first-order chi connectivity index (χ1) is 9.11. The van der Waals surface area contributed by atoms with Crippen LogP contribution in [0.3, 0.4) is 0 Å². The first-order valence-electron chi connectivity index (χ1n) is 5.55. The SMILES string of the molecule is [O-]N(O)c1ccccc1[C@H](Cl)[C@H](Cl)c1ccccn1. The fourth-order valence-electron chi connectivity index (χ4n) is 1.74. The van der Waals surface area contributed by atoms with E-state index in [-0.39, 0.29) is 10.9 Å². The minimum Gasteiger partial charge on any atom is -0.733 e. The average Bonchev–Trinajstić information content (AvgIpc) is 2.46. The molecule has 0 fully saturated rings. The molecule has 0 radical (unpaired) electrons. The Morgan fingerprint density at radius 3 is 2.37 bits per heavy atom.